The third-order valence-corrected chi connectivity index (χ3v) is 8.08. The highest BCUT2D eigenvalue weighted by atomic mass is 31.2. The minimum Gasteiger partial charge on any atom is -0.322 e. The summed E-state index contributed by atoms with van der Waals surface area (Å²) in [6, 6.07) is 0. The first-order valence-electron chi connectivity index (χ1n) is 5.14. The maximum atomic E-state index is 12.8. The third kappa shape index (κ3) is 1.75. The molecule has 1 nitrogen and oxygen atoms in total. The van der Waals surface area contributed by atoms with Crippen molar-refractivity contribution >= 4 is 7.14 Å². The molecule has 1 aliphatic carbocycles. The molecule has 0 aromatic rings. The fraction of sp³-hybridized carbons (Fsp3) is 0.667. The second kappa shape index (κ2) is 3.38. The average molecular weight is 212 g/mol. The van der Waals surface area contributed by atoms with Gasteiger partial charge in [-0.1, -0.05) is 45.1 Å². The van der Waals surface area contributed by atoms with Crippen LogP contribution in [-0.2, 0) is 4.57 Å². The molecule has 2 heteroatoms. The predicted octanol–water partition coefficient (Wildman–Crippen LogP) is 4.05. The number of hydrogen-bond acceptors (Lipinski definition) is 1. The van der Waals surface area contributed by atoms with Crippen molar-refractivity contribution in [2.45, 2.75) is 44.4 Å². The van der Waals surface area contributed by atoms with Gasteiger partial charge in [0.2, 0.25) is 0 Å². The van der Waals surface area contributed by atoms with Gasteiger partial charge in [-0.15, -0.1) is 0 Å². The molecule has 0 N–H and O–H groups in total. The lowest BCUT2D eigenvalue weighted by Crippen LogP contribution is -2.30. The lowest BCUT2D eigenvalue weighted by atomic mass is 10.1. The van der Waals surface area contributed by atoms with Gasteiger partial charge in [0.25, 0.3) is 0 Å². The maximum Gasteiger partial charge on any atom is 0.103 e. The summed E-state index contributed by atoms with van der Waals surface area (Å²) in [5.41, 5.74) is 0. The largest absolute Gasteiger partial charge is 0.322 e. The smallest absolute Gasteiger partial charge is 0.103 e. The van der Waals surface area contributed by atoms with Crippen LogP contribution in [0.25, 0.3) is 0 Å². The summed E-state index contributed by atoms with van der Waals surface area (Å²) in [6.45, 7) is 10.2. The van der Waals surface area contributed by atoms with Crippen molar-refractivity contribution in [3.05, 3.63) is 24.3 Å². The molecular formula is C12H21OP. The molecule has 0 radical (unpaired) electrons. The van der Waals surface area contributed by atoms with Gasteiger partial charge in [0, 0.05) is 5.16 Å². The van der Waals surface area contributed by atoms with Gasteiger partial charge in [-0.05, 0) is 20.0 Å². The maximum absolute atomic E-state index is 12.8. The molecule has 0 aromatic carbocycles. The zero-order chi connectivity index (χ0) is 11.0. The van der Waals surface area contributed by atoms with Crippen molar-refractivity contribution in [1.29, 1.82) is 0 Å². The first kappa shape index (κ1) is 11.8. The Balaban J connectivity index is 3.15. The van der Waals surface area contributed by atoms with Crippen LogP contribution in [0.2, 0.25) is 0 Å². The van der Waals surface area contributed by atoms with Crippen molar-refractivity contribution in [3.63, 3.8) is 0 Å². The summed E-state index contributed by atoms with van der Waals surface area (Å²) in [7, 11) is -2.24. The van der Waals surface area contributed by atoms with Crippen LogP contribution in [0, 0.1) is 0 Å². The minimum absolute atomic E-state index is 0.131. The van der Waals surface area contributed by atoms with Gasteiger partial charge in [-0.25, -0.2) is 0 Å². The van der Waals surface area contributed by atoms with Crippen LogP contribution >= 0.6 is 7.14 Å². The molecule has 0 saturated heterocycles. The number of hydrogen-bond donors (Lipinski definition) is 0. The molecule has 80 valence electrons. The predicted molar refractivity (Wildman–Crippen MR) is 64.6 cm³/mol. The van der Waals surface area contributed by atoms with Gasteiger partial charge in [0.1, 0.15) is 7.14 Å². The minimum atomic E-state index is -2.24. The van der Waals surface area contributed by atoms with Crippen molar-refractivity contribution in [2.24, 2.45) is 0 Å². The Bertz CT molecular complexity index is 306. The molecule has 0 fully saturated rings. The van der Waals surface area contributed by atoms with E-state index in [1.807, 2.05) is 6.66 Å². The Morgan fingerprint density at radius 1 is 1.21 bits per heavy atom. The van der Waals surface area contributed by atoms with Crippen LogP contribution < -0.4 is 0 Å². The molecule has 0 heterocycles. The Kier molecular flexibility index (Phi) is 2.84. The Labute approximate surface area is 87.7 Å². The van der Waals surface area contributed by atoms with E-state index in [4.69, 9.17) is 0 Å². The summed E-state index contributed by atoms with van der Waals surface area (Å²) in [4.78, 5) is 0. The fourth-order valence-electron chi connectivity index (χ4n) is 1.75. The number of rotatable bonds is 1. The quantitative estimate of drug-likeness (QED) is 0.473. The second-order valence-corrected chi connectivity index (χ2v) is 9.51. The highest BCUT2D eigenvalue weighted by Gasteiger charge is 2.45. The van der Waals surface area contributed by atoms with Gasteiger partial charge < -0.3 is 4.57 Å². The van der Waals surface area contributed by atoms with E-state index in [-0.39, 0.29) is 10.3 Å². The van der Waals surface area contributed by atoms with Crippen LogP contribution in [0.15, 0.2) is 24.3 Å². The molecule has 0 spiro atoms. The molecule has 1 rings (SSSR count). The van der Waals surface area contributed by atoms with E-state index in [0.717, 1.165) is 6.42 Å². The van der Waals surface area contributed by atoms with Crippen LogP contribution in [0.4, 0.5) is 0 Å². The summed E-state index contributed by atoms with van der Waals surface area (Å²) < 4.78 is 12.8. The van der Waals surface area contributed by atoms with Gasteiger partial charge in [-0.3, -0.25) is 0 Å². The summed E-state index contributed by atoms with van der Waals surface area (Å²) in [6.07, 6.45) is 9.42. The topological polar surface area (TPSA) is 17.1 Å². The van der Waals surface area contributed by atoms with Crippen LogP contribution in [0.5, 0.6) is 0 Å². The summed E-state index contributed by atoms with van der Waals surface area (Å²) in [5, 5.41) is -0.378. The molecule has 0 saturated carbocycles. The Morgan fingerprint density at radius 2 is 1.64 bits per heavy atom. The highest BCUT2D eigenvalue weighted by Crippen LogP contribution is 2.65. The lowest BCUT2D eigenvalue weighted by molar-refractivity contribution is 0.539. The molecule has 0 bridgehead atoms. The molecule has 0 amide bonds. The van der Waals surface area contributed by atoms with Crippen LogP contribution in [0.1, 0.15) is 34.1 Å². The molecule has 1 atom stereocenters. The SMILES string of the molecule is CC(C)(C)P(C)(=O)C1(C)C=CCC=C1. The monoisotopic (exact) mass is 212 g/mol. The summed E-state index contributed by atoms with van der Waals surface area (Å²) >= 11 is 0. The normalized spacial score (nSPS) is 24.6. The third-order valence-electron chi connectivity index (χ3n) is 3.38. The Hall–Kier alpha value is -0.290. The van der Waals surface area contributed by atoms with E-state index in [0.29, 0.717) is 0 Å². The van der Waals surface area contributed by atoms with E-state index < -0.39 is 7.14 Å². The van der Waals surface area contributed by atoms with Gasteiger partial charge >= 0.3 is 0 Å². The lowest BCUT2D eigenvalue weighted by Gasteiger charge is -2.40. The number of allylic oxidation sites excluding steroid dienone is 4. The van der Waals surface area contributed by atoms with Crippen molar-refractivity contribution in [3.8, 4) is 0 Å². The van der Waals surface area contributed by atoms with E-state index in [2.05, 4.69) is 52.0 Å². The van der Waals surface area contributed by atoms with Crippen LogP contribution in [0.3, 0.4) is 0 Å². The zero-order valence-corrected chi connectivity index (χ0v) is 10.8. The van der Waals surface area contributed by atoms with Crippen molar-refractivity contribution < 1.29 is 4.57 Å². The fourth-order valence-corrected chi connectivity index (χ4v) is 3.98. The molecule has 0 aliphatic heterocycles. The van der Waals surface area contributed by atoms with Crippen molar-refractivity contribution in [2.75, 3.05) is 6.66 Å². The molecule has 0 aromatic heterocycles. The highest BCUT2D eigenvalue weighted by molar-refractivity contribution is 7.66. The molecule has 1 unspecified atom stereocenters. The zero-order valence-electron chi connectivity index (χ0n) is 9.87. The van der Waals surface area contributed by atoms with E-state index in [1.165, 1.54) is 0 Å². The molecule has 1 aliphatic rings. The standard InChI is InChI=1S/C12H21OP/c1-11(2,3)14(5,13)12(4)9-7-6-8-10-12/h7-10H,6H2,1-5H3. The average Bonchev–Trinajstić information content (AvgIpc) is 2.03. The van der Waals surface area contributed by atoms with Crippen LogP contribution in [-0.4, -0.2) is 17.0 Å². The van der Waals surface area contributed by atoms with Gasteiger partial charge in [0.05, 0.1) is 5.16 Å². The first-order valence-corrected chi connectivity index (χ1v) is 7.29. The molecular weight excluding hydrogens is 191 g/mol. The second-order valence-electron chi connectivity index (χ2n) is 5.36. The van der Waals surface area contributed by atoms with Gasteiger partial charge in [0.15, 0.2) is 0 Å². The Morgan fingerprint density at radius 3 is 2.00 bits per heavy atom. The molecule has 14 heavy (non-hydrogen) atoms. The van der Waals surface area contributed by atoms with E-state index in [1.54, 1.807) is 0 Å². The first-order chi connectivity index (χ1) is 6.21. The van der Waals surface area contributed by atoms with Crippen molar-refractivity contribution in [1.82, 2.24) is 0 Å². The van der Waals surface area contributed by atoms with Gasteiger partial charge in [-0.2, -0.15) is 0 Å². The summed E-state index contributed by atoms with van der Waals surface area (Å²) in [5.74, 6) is 0. The van der Waals surface area contributed by atoms with E-state index >= 15 is 0 Å². The van der Waals surface area contributed by atoms with E-state index in [9.17, 15) is 4.57 Å².